The number of fused-ring (bicyclic) bond motifs is 2. The fourth-order valence-electron chi connectivity index (χ4n) is 4.02. The average Bonchev–Trinajstić information content (AvgIpc) is 3.45. The van der Waals surface area contributed by atoms with Gasteiger partial charge in [0, 0.05) is 13.1 Å². The molecule has 0 aromatic heterocycles. The molecule has 1 aromatic carbocycles. The standard InChI is InChI=1S/C20H24N4O4/c1-23(11-16(25)21-14-8-9-14)17(26)12-24-18(27)20(22-19(24)28)10-4-6-13-5-2-3-7-15(13)20/h2-3,5,7,14H,4,6,8-12H2,1H3,(H,21,25)(H,22,28)/t20-/m0/s1. The van der Waals surface area contributed by atoms with Gasteiger partial charge in [-0.15, -0.1) is 0 Å². The molecule has 1 spiro atoms. The third kappa shape index (κ3) is 3.23. The van der Waals surface area contributed by atoms with Gasteiger partial charge >= 0.3 is 6.03 Å². The van der Waals surface area contributed by atoms with Crippen LogP contribution in [0.1, 0.15) is 36.8 Å². The Morgan fingerprint density at radius 3 is 2.79 bits per heavy atom. The molecule has 148 valence electrons. The third-order valence-corrected chi connectivity index (χ3v) is 5.69. The molecule has 0 unspecified atom stereocenters. The summed E-state index contributed by atoms with van der Waals surface area (Å²) in [6.07, 6.45) is 4.09. The molecule has 1 saturated carbocycles. The molecular weight excluding hydrogens is 360 g/mol. The Hall–Kier alpha value is -2.90. The van der Waals surface area contributed by atoms with Gasteiger partial charge in [-0.3, -0.25) is 19.3 Å². The monoisotopic (exact) mass is 384 g/mol. The predicted molar refractivity (Wildman–Crippen MR) is 100 cm³/mol. The number of nitrogens with one attached hydrogen (secondary N) is 2. The van der Waals surface area contributed by atoms with Crippen molar-refractivity contribution in [3.05, 3.63) is 35.4 Å². The Bertz CT molecular complexity index is 850. The highest BCUT2D eigenvalue weighted by Gasteiger charge is 2.54. The molecule has 2 fully saturated rings. The minimum absolute atomic E-state index is 0.0903. The number of likely N-dealkylation sites (N-methyl/N-ethyl adjacent to an activating group) is 1. The van der Waals surface area contributed by atoms with Gasteiger partial charge in [-0.05, 0) is 43.2 Å². The highest BCUT2D eigenvalue weighted by Crippen LogP contribution is 2.39. The summed E-state index contributed by atoms with van der Waals surface area (Å²) in [5, 5.41) is 5.65. The van der Waals surface area contributed by atoms with Crippen molar-refractivity contribution in [2.45, 2.75) is 43.7 Å². The lowest BCUT2D eigenvalue weighted by molar-refractivity contribution is -0.140. The zero-order valence-electron chi connectivity index (χ0n) is 15.9. The Morgan fingerprint density at radius 2 is 2.04 bits per heavy atom. The number of carbonyl (C=O) groups is 4. The first kappa shape index (κ1) is 18.5. The molecule has 1 aromatic rings. The normalized spacial score (nSPS) is 23.4. The van der Waals surface area contributed by atoms with E-state index in [1.54, 1.807) is 0 Å². The van der Waals surface area contributed by atoms with E-state index >= 15 is 0 Å². The molecular formula is C20H24N4O4. The second-order valence-electron chi connectivity index (χ2n) is 7.83. The molecule has 2 aliphatic carbocycles. The van der Waals surface area contributed by atoms with E-state index in [2.05, 4.69) is 10.6 Å². The van der Waals surface area contributed by atoms with Crippen LogP contribution in [0, 0.1) is 0 Å². The van der Waals surface area contributed by atoms with Gasteiger partial charge in [0.25, 0.3) is 5.91 Å². The van der Waals surface area contributed by atoms with Crippen LogP contribution in [-0.4, -0.2) is 59.7 Å². The van der Waals surface area contributed by atoms with E-state index in [0.29, 0.717) is 6.42 Å². The topological polar surface area (TPSA) is 98.8 Å². The first-order valence-corrected chi connectivity index (χ1v) is 9.66. The molecule has 1 atom stereocenters. The summed E-state index contributed by atoms with van der Waals surface area (Å²) in [6, 6.07) is 7.26. The highest BCUT2D eigenvalue weighted by atomic mass is 16.2. The van der Waals surface area contributed by atoms with E-state index in [1.165, 1.54) is 11.9 Å². The van der Waals surface area contributed by atoms with E-state index in [1.807, 2.05) is 24.3 Å². The van der Waals surface area contributed by atoms with Crippen LogP contribution in [0.5, 0.6) is 0 Å². The molecule has 3 aliphatic rings. The summed E-state index contributed by atoms with van der Waals surface area (Å²) in [6.45, 7) is -0.464. The Balaban J connectivity index is 1.46. The largest absolute Gasteiger partial charge is 0.352 e. The fraction of sp³-hybridized carbons (Fsp3) is 0.500. The number of imide groups is 1. The van der Waals surface area contributed by atoms with Gasteiger partial charge in [-0.25, -0.2) is 4.79 Å². The molecule has 4 rings (SSSR count). The highest BCUT2D eigenvalue weighted by molar-refractivity contribution is 6.09. The first-order valence-electron chi connectivity index (χ1n) is 9.66. The number of urea groups is 1. The number of amides is 5. The molecule has 0 radical (unpaired) electrons. The van der Waals surface area contributed by atoms with Crippen LogP contribution >= 0.6 is 0 Å². The number of hydrogen-bond donors (Lipinski definition) is 2. The summed E-state index contributed by atoms with van der Waals surface area (Å²) in [5.41, 5.74) is 0.768. The van der Waals surface area contributed by atoms with Crippen molar-refractivity contribution in [3.63, 3.8) is 0 Å². The van der Waals surface area contributed by atoms with E-state index in [-0.39, 0.29) is 25.0 Å². The first-order chi connectivity index (χ1) is 13.4. The van der Waals surface area contributed by atoms with Crippen LogP contribution in [0.3, 0.4) is 0 Å². The third-order valence-electron chi connectivity index (χ3n) is 5.69. The SMILES string of the molecule is CN(CC(=O)NC1CC1)C(=O)CN1C(=O)N[C@]2(CCCc3ccccc32)C1=O. The van der Waals surface area contributed by atoms with E-state index in [0.717, 1.165) is 41.7 Å². The summed E-state index contributed by atoms with van der Waals surface area (Å²) in [5.74, 6) is -1.07. The van der Waals surface area contributed by atoms with Gasteiger partial charge in [-0.1, -0.05) is 24.3 Å². The average molecular weight is 384 g/mol. The molecule has 1 aliphatic heterocycles. The van der Waals surface area contributed by atoms with Crippen LogP contribution in [0.2, 0.25) is 0 Å². The maximum Gasteiger partial charge on any atom is 0.325 e. The summed E-state index contributed by atoms with van der Waals surface area (Å²) < 4.78 is 0. The fourth-order valence-corrected chi connectivity index (χ4v) is 4.02. The molecule has 0 bridgehead atoms. The zero-order valence-corrected chi connectivity index (χ0v) is 15.9. The number of rotatable bonds is 5. The van der Waals surface area contributed by atoms with Crippen molar-refractivity contribution in [3.8, 4) is 0 Å². The number of hydrogen-bond acceptors (Lipinski definition) is 4. The molecule has 2 N–H and O–H groups in total. The van der Waals surface area contributed by atoms with Gasteiger partial charge in [0.2, 0.25) is 11.8 Å². The van der Waals surface area contributed by atoms with Crippen LogP contribution in [0.4, 0.5) is 4.79 Å². The molecule has 28 heavy (non-hydrogen) atoms. The van der Waals surface area contributed by atoms with Crippen molar-refractivity contribution in [1.29, 1.82) is 0 Å². The van der Waals surface area contributed by atoms with E-state index in [4.69, 9.17) is 0 Å². The lowest BCUT2D eigenvalue weighted by Gasteiger charge is -2.33. The van der Waals surface area contributed by atoms with Crippen LogP contribution in [-0.2, 0) is 26.3 Å². The molecule has 8 nitrogen and oxygen atoms in total. The van der Waals surface area contributed by atoms with Crippen molar-refractivity contribution in [1.82, 2.24) is 20.4 Å². The molecule has 1 saturated heterocycles. The van der Waals surface area contributed by atoms with Gasteiger partial charge in [0.05, 0.1) is 6.54 Å². The minimum atomic E-state index is -1.09. The number of nitrogens with zero attached hydrogens (tertiary/aromatic N) is 2. The summed E-state index contributed by atoms with van der Waals surface area (Å²) in [7, 11) is 1.50. The predicted octanol–water partition coefficient (Wildman–Crippen LogP) is 0.507. The van der Waals surface area contributed by atoms with Crippen LogP contribution < -0.4 is 10.6 Å². The number of benzene rings is 1. The maximum atomic E-state index is 13.2. The van der Waals surface area contributed by atoms with Crippen LogP contribution in [0.25, 0.3) is 0 Å². The maximum absolute atomic E-state index is 13.2. The minimum Gasteiger partial charge on any atom is -0.352 e. The number of aryl methyl sites for hydroxylation is 1. The van der Waals surface area contributed by atoms with E-state index in [9.17, 15) is 19.2 Å². The number of carbonyl (C=O) groups excluding carboxylic acids is 4. The lowest BCUT2D eigenvalue weighted by Crippen LogP contribution is -2.48. The molecule has 1 heterocycles. The second-order valence-corrected chi connectivity index (χ2v) is 7.83. The van der Waals surface area contributed by atoms with Crippen LogP contribution in [0.15, 0.2) is 24.3 Å². The molecule has 8 heteroatoms. The van der Waals surface area contributed by atoms with Gasteiger partial charge < -0.3 is 15.5 Å². The lowest BCUT2D eigenvalue weighted by atomic mass is 9.76. The van der Waals surface area contributed by atoms with Gasteiger partial charge in [0.1, 0.15) is 12.1 Å². The summed E-state index contributed by atoms with van der Waals surface area (Å²) >= 11 is 0. The second kappa shape index (κ2) is 6.92. The zero-order chi connectivity index (χ0) is 19.9. The van der Waals surface area contributed by atoms with Gasteiger partial charge in [0.15, 0.2) is 0 Å². The Morgan fingerprint density at radius 1 is 1.29 bits per heavy atom. The van der Waals surface area contributed by atoms with E-state index < -0.39 is 23.4 Å². The van der Waals surface area contributed by atoms with Crippen molar-refractivity contribution in [2.75, 3.05) is 20.1 Å². The quantitative estimate of drug-likeness (QED) is 0.723. The van der Waals surface area contributed by atoms with Crippen molar-refractivity contribution >= 4 is 23.8 Å². The van der Waals surface area contributed by atoms with Gasteiger partial charge in [-0.2, -0.15) is 0 Å². The molecule has 5 amide bonds. The van der Waals surface area contributed by atoms with Crippen molar-refractivity contribution in [2.24, 2.45) is 0 Å². The Kier molecular flexibility index (Phi) is 4.56. The smallest absolute Gasteiger partial charge is 0.325 e. The Labute approximate surface area is 163 Å². The summed E-state index contributed by atoms with van der Waals surface area (Å²) in [4.78, 5) is 52.4. The van der Waals surface area contributed by atoms with Crippen molar-refractivity contribution < 1.29 is 19.2 Å².